The number of aromatic nitrogens is 2. The summed E-state index contributed by atoms with van der Waals surface area (Å²) in [6, 6.07) is 5.24. The quantitative estimate of drug-likeness (QED) is 0.686. The van der Waals surface area contributed by atoms with Crippen LogP contribution in [0.25, 0.3) is 10.2 Å². The standard InChI is InChI=1S/C18H17Cl2N3O2S/c1-18(2)6-11-13(8-25-18)26-16-14(11)15(21)22-17(24)23(16)7-9-3-4-10(19)5-12(9)20/h3-5H,6-8H2,1-2H3,(H2,21,22,24). The van der Waals surface area contributed by atoms with Crippen molar-refractivity contribution < 1.29 is 4.74 Å². The van der Waals surface area contributed by atoms with Crippen LogP contribution < -0.4 is 11.4 Å². The predicted octanol–water partition coefficient (Wildman–Crippen LogP) is 4.25. The van der Waals surface area contributed by atoms with Gasteiger partial charge in [-0.25, -0.2) is 4.79 Å². The molecule has 1 aromatic carbocycles. The second kappa shape index (κ2) is 6.23. The number of hydrogen-bond acceptors (Lipinski definition) is 5. The minimum Gasteiger partial charge on any atom is -0.383 e. The third-order valence-corrected chi connectivity index (χ3v) is 6.38. The molecule has 0 unspecified atom stereocenters. The molecule has 0 saturated carbocycles. The Labute approximate surface area is 164 Å². The van der Waals surface area contributed by atoms with Gasteiger partial charge in [0, 0.05) is 21.3 Å². The summed E-state index contributed by atoms with van der Waals surface area (Å²) in [7, 11) is 0. The van der Waals surface area contributed by atoms with Crippen molar-refractivity contribution in [2.24, 2.45) is 0 Å². The molecule has 0 atom stereocenters. The van der Waals surface area contributed by atoms with E-state index >= 15 is 0 Å². The Hall–Kier alpha value is -1.60. The molecule has 3 aromatic rings. The van der Waals surface area contributed by atoms with Crippen molar-refractivity contribution in [2.75, 3.05) is 5.73 Å². The van der Waals surface area contributed by atoms with E-state index in [0.717, 1.165) is 32.6 Å². The van der Waals surface area contributed by atoms with Gasteiger partial charge >= 0.3 is 5.69 Å². The fraction of sp³-hybridized carbons (Fsp3) is 0.333. The van der Waals surface area contributed by atoms with Gasteiger partial charge < -0.3 is 10.5 Å². The maximum absolute atomic E-state index is 12.6. The van der Waals surface area contributed by atoms with Crippen LogP contribution in [0.2, 0.25) is 10.0 Å². The number of benzene rings is 1. The van der Waals surface area contributed by atoms with Crippen molar-refractivity contribution in [3.63, 3.8) is 0 Å². The minimum absolute atomic E-state index is 0.270. The number of thiophene rings is 1. The molecule has 0 spiro atoms. The van der Waals surface area contributed by atoms with E-state index in [1.807, 2.05) is 19.9 Å². The molecule has 0 bridgehead atoms. The van der Waals surface area contributed by atoms with Crippen LogP contribution >= 0.6 is 34.5 Å². The number of ether oxygens (including phenoxy) is 1. The second-order valence-electron chi connectivity index (χ2n) is 7.01. The maximum atomic E-state index is 12.6. The van der Waals surface area contributed by atoms with E-state index in [4.69, 9.17) is 33.7 Å². The van der Waals surface area contributed by atoms with Crippen LogP contribution in [0.4, 0.5) is 5.82 Å². The number of hydrogen-bond donors (Lipinski definition) is 1. The topological polar surface area (TPSA) is 70.1 Å². The fourth-order valence-corrected chi connectivity index (χ4v) is 4.96. The lowest BCUT2D eigenvalue weighted by Gasteiger charge is -2.30. The van der Waals surface area contributed by atoms with Crippen molar-refractivity contribution in [1.82, 2.24) is 9.55 Å². The first kappa shape index (κ1) is 17.8. The number of rotatable bonds is 2. The average Bonchev–Trinajstić information content (AvgIpc) is 2.90. The number of halogens is 2. The summed E-state index contributed by atoms with van der Waals surface area (Å²) in [4.78, 5) is 18.5. The summed E-state index contributed by atoms with van der Waals surface area (Å²) >= 11 is 13.8. The average molecular weight is 410 g/mol. The van der Waals surface area contributed by atoms with E-state index in [1.165, 1.54) is 11.3 Å². The predicted molar refractivity (Wildman–Crippen MR) is 106 cm³/mol. The minimum atomic E-state index is -0.389. The van der Waals surface area contributed by atoms with E-state index in [-0.39, 0.29) is 17.1 Å². The first-order valence-corrected chi connectivity index (χ1v) is 9.71. The van der Waals surface area contributed by atoms with E-state index in [2.05, 4.69) is 4.98 Å². The smallest absolute Gasteiger partial charge is 0.350 e. The van der Waals surface area contributed by atoms with Crippen LogP contribution in [-0.4, -0.2) is 15.2 Å². The van der Waals surface area contributed by atoms with Crippen LogP contribution in [-0.2, 0) is 24.3 Å². The van der Waals surface area contributed by atoms with Crippen molar-refractivity contribution in [1.29, 1.82) is 0 Å². The van der Waals surface area contributed by atoms with Crippen LogP contribution in [0.5, 0.6) is 0 Å². The molecule has 2 N–H and O–H groups in total. The zero-order chi connectivity index (χ0) is 18.6. The molecule has 2 aromatic heterocycles. The van der Waals surface area contributed by atoms with Gasteiger partial charge in [-0.3, -0.25) is 4.57 Å². The Kier molecular flexibility index (Phi) is 4.27. The van der Waals surface area contributed by atoms with Crippen molar-refractivity contribution in [3.05, 3.63) is 54.7 Å². The number of nitrogens with two attached hydrogens (primary N) is 1. The summed E-state index contributed by atoms with van der Waals surface area (Å²) in [5.41, 5.74) is 7.39. The maximum Gasteiger partial charge on any atom is 0.350 e. The summed E-state index contributed by atoms with van der Waals surface area (Å²) in [6.45, 7) is 4.92. The van der Waals surface area contributed by atoms with Gasteiger partial charge in [0.1, 0.15) is 10.6 Å². The molecular weight excluding hydrogens is 393 g/mol. The zero-order valence-corrected chi connectivity index (χ0v) is 16.6. The van der Waals surface area contributed by atoms with Gasteiger partial charge in [-0.1, -0.05) is 29.3 Å². The van der Waals surface area contributed by atoms with E-state index < -0.39 is 0 Å². The highest BCUT2D eigenvalue weighted by Gasteiger charge is 2.31. The lowest BCUT2D eigenvalue weighted by Crippen LogP contribution is -2.31. The molecular formula is C18H17Cl2N3O2S. The van der Waals surface area contributed by atoms with Crippen LogP contribution in [0.3, 0.4) is 0 Å². The van der Waals surface area contributed by atoms with Crippen LogP contribution in [0, 0.1) is 0 Å². The Bertz CT molecular complexity index is 1090. The van der Waals surface area contributed by atoms with Gasteiger partial charge in [-0.05, 0) is 37.1 Å². The van der Waals surface area contributed by atoms with Gasteiger partial charge in [0.15, 0.2) is 0 Å². The van der Waals surface area contributed by atoms with Crippen molar-refractivity contribution >= 4 is 50.6 Å². The highest BCUT2D eigenvalue weighted by Crippen LogP contribution is 2.40. The molecule has 1 aliphatic heterocycles. The molecule has 0 radical (unpaired) electrons. The Balaban J connectivity index is 1.90. The monoisotopic (exact) mass is 409 g/mol. The number of nitrogen functional groups attached to an aromatic ring is 1. The number of fused-ring (bicyclic) bond motifs is 3. The summed E-state index contributed by atoms with van der Waals surface area (Å²) in [5.74, 6) is 0.277. The third-order valence-electron chi connectivity index (χ3n) is 4.56. The van der Waals surface area contributed by atoms with E-state index in [1.54, 1.807) is 16.7 Å². The normalized spacial score (nSPS) is 16.0. The van der Waals surface area contributed by atoms with E-state index in [0.29, 0.717) is 23.2 Å². The third kappa shape index (κ3) is 3.01. The highest BCUT2D eigenvalue weighted by molar-refractivity contribution is 7.19. The molecule has 4 rings (SSSR count). The highest BCUT2D eigenvalue weighted by atomic mass is 35.5. The van der Waals surface area contributed by atoms with Gasteiger partial charge in [0.05, 0.1) is 24.1 Å². The number of anilines is 1. The molecule has 5 nitrogen and oxygen atoms in total. The SMILES string of the molecule is CC1(C)Cc2c(sc3c2c(N)nc(=O)n3Cc2ccc(Cl)cc2Cl)CO1. The first-order valence-electron chi connectivity index (χ1n) is 8.13. The van der Waals surface area contributed by atoms with Crippen molar-refractivity contribution in [3.8, 4) is 0 Å². The molecule has 136 valence electrons. The number of nitrogens with zero attached hydrogens (tertiary/aromatic N) is 2. The van der Waals surface area contributed by atoms with Gasteiger partial charge in [0.25, 0.3) is 0 Å². The Morgan fingerprint density at radius 3 is 2.88 bits per heavy atom. The van der Waals surface area contributed by atoms with Crippen molar-refractivity contribution in [2.45, 2.75) is 39.0 Å². The molecule has 0 amide bonds. The Morgan fingerprint density at radius 2 is 2.15 bits per heavy atom. The van der Waals surface area contributed by atoms with Crippen LogP contribution in [0.1, 0.15) is 29.9 Å². The largest absolute Gasteiger partial charge is 0.383 e. The first-order chi connectivity index (χ1) is 12.2. The lowest BCUT2D eigenvalue weighted by atomic mass is 9.94. The molecule has 1 aliphatic rings. The van der Waals surface area contributed by atoms with Gasteiger partial charge in [-0.2, -0.15) is 4.98 Å². The lowest BCUT2D eigenvalue weighted by molar-refractivity contribution is -0.0379. The molecule has 8 heteroatoms. The molecule has 26 heavy (non-hydrogen) atoms. The summed E-state index contributed by atoms with van der Waals surface area (Å²) < 4.78 is 7.53. The van der Waals surface area contributed by atoms with E-state index in [9.17, 15) is 4.79 Å². The fourth-order valence-electron chi connectivity index (χ4n) is 3.26. The molecule has 3 heterocycles. The molecule has 0 fully saturated rings. The Morgan fingerprint density at radius 1 is 1.38 bits per heavy atom. The van der Waals surface area contributed by atoms with Gasteiger partial charge in [0.2, 0.25) is 0 Å². The molecule has 0 aliphatic carbocycles. The van der Waals surface area contributed by atoms with Crippen LogP contribution in [0.15, 0.2) is 23.0 Å². The van der Waals surface area contributed by atoms with Gasteiger partial charge in [-0.15, -0.1) is 11.3 Å². The zero-order valence-electron chi connectivity index (χ0n) is 14.3. The summed E-state index contributed by atoms with van der Waals surface area (Å²) in [5, 5.41) is 1.92. The summed E-state index contributed by atoms with van der Waals surface area (Å²) in [6.07, 6.45) is 0.730. The molecule has 0 saturated heterocycles. The second-order valence-corrected chi connectivity index (χ2v) is 8.94.